The average Bonchev–Trinajstić information content (AvgIpc) is 2.56. The highest BCUT2D eigenvalue weighted by atomic mass is 32.1. The number of hydrogen-bond donors (Lipinski definition) is 1. The minimum Gasteiger partial charge on any atom is -0.493 e. The van der Waals surface area contributed by atoms with E-state index in [2.05, 4.69) is 16.3 Å². The molecule has 1 aromatic rings. The quantitative estimate of drug-likeness (QED) is 0.637. The molecule has 0 radical (unpaired) electrons. The summed E-state index contributed by atoms with van der Waals surface area (Å²) in [6.45, 7) is 3.29. The summed E-state index contributed by atoms with van der Waals surface area (Å²) in [5.74, 6) is 1.55. The van der Waals surface area contributed by atoms with E-state index >= 15 is 0 Å². The summed E-state index contributed by atoms with van der Waals surface area (Å²) in [6.07, 6.45) is 1.90. The molecule has 0 saturated heterocycles. The van der Waals surface area contributed by atoms with Crippen LogP contribution in [-0.2, 0) is 17.7 Å². The fourth-order valence-electron chi connectivity index (χ4n) is 2.58. The number of rotatable bonds is 6. The lowest BCUT2D eigenvalue weighted by Gasteiger charge is -2.31. The Labute approximate surface area is 137 Å². The molecule has 0 unspecified atom stereocenters. The van der Waals surface area contributed by atoms with E-state index in [9.17, 15) is 0 Å². The van der Waals surface area contributed by atoms with Gasteiger partial charge in [0.1, 0.15) is 0 Å². The molecule has 0 aromatic heterocycles. The van der Waals surface area contributed by atoms with Crippen LogP contribution in [0.5, 0.6) is 11.5 Å². The van der Waals surface area contributed by atoms with Crippen molar-refractivity contribution in [3.8, 4) is 11.5 Å². The molecule has 6 heteroatoms. The van der Waals surface area contributed by atoms with Gasteiger partial charge in [-0.15, -0.1) is 0 Å². The summed E-state index contributed by atoms with van der Waals surface area (Å²) in [5.41, 5.74) is 2.54. The van der Waals surface area contributed by atoms with Gasteiger partial charge in [0.2, 0.25) is 0 Å². The Balaban J connectivity index is 2.00. The zero-order valence-electron chi connectivity index (χ0n) is 13.5. The van der Waals surface area contributed by atoms with Gasteiger partial charge in [-0.2, -0.15) is 0 Å². The smallest absolute Gasteiger partial charge is 0.169 e. The van der Waals surface area contributed by atoms with Gasteiger partial charge in [0.25, 0.3) is 0 Å². The highest BCUT2D eigenvalue weighted by molar-refractivity contribution is 7.80. The maximum absolute atomic E-state index is 5.48. The molecule has 0 bridgehead atoms. The summed E-state index contributed by atoms with van der Waals surface area (Å²) >= 11 is 5.48. The molecule has 1 heterocycles. The summed E-state index contributed by atoms with van der Waals surface area (Å²) in [5, 5.41) is 4.09. The predicted molar refractivity (Wildman–Crippen MR) is 90.8 cm³/mol. The lowest BCUT2D eigenvalue weighted by molar-refractivity contribution is 0.195. The van der Waals surface area contributed by atoms with Crippen molar-refractivity contribution in [2.24, 2.45) is 0 Å². The van der Waals surface area contributed by atoms with Crippen molar-refractivity contribution in [1.82, 2.24) is 10.2 Å². The molecule has 0 fully saturated rings. The third kappa shape index (κ3) is 4.01. The number of thiocarbonyl (C=S) groups is 1. The first-order valence-electron chi connectivity index (χ1n) is 7.45. The van der Waals surface area contributed by atoms with Gasteiger partial charge in [-0.1, -0.05) is 0 Å². The molecule has 1 aliphatic heterocycles. The van der Waals surface area contributed by atoms with E-state index in [1.54, 1.807) is 21.3 Å². The molecular formula is C16H24N2O3S. The summed E-state index contributed by atoms with van der Waals surface area (Å²) in [4.78, 5) is 2.19. The molecule has 1 aliphatic rings. The molecule has 1 N–H and O–H groups in total. The van der Waals surface area contributed by atoms with Crippen molar-refractivity contribution in [2.45, 2.75) is 19.4 Å². The number of benzene rings is 1. The van der Waals surface area contributed by atoms with E-state index in [4.69, 9.17) is 26.4 Å². The van der Waals surface area contributed by atoms with Gasteiger partial charge in [0.05, 0.1) is 14.2 Å². The highest BCUT2D eigenvalue weighted by Gasteiger charge is 2.20. The molecule has 0 saturated carbocycles. The number of nitrogens with one attached hydrogen (secondary N) is 1. The second-order valence-corrected chi connectivity index (χ2v) is 5.61. The second-order valence-electron chi connectivity index (χ2n) is 5.23. The molecule has 1 aromatic carbocycles. The van der Waals surface area contributed by atoms with E-state index in [0.29, 0.717) is 0 Å². The Hall–Kier alpha value is -1.53. The lowest BCUT2D eigenvalue weighted by Crippen LogP contribution is -2.43. The molecule has 0 atom stereocenters. The first-order chi connectivity index (χ1) is 10.7. The fraction of sp³-hybridized carbons (Fsp3) is 0.562. The Morgan fingerprint density at radius 3 is 2.50 bits per heavy atom. The molecule has 122 valence electrons. The summed E-state index contributed by atoms with van der Waals surface area (Å²) < 4.78 is 15.8. The van der Waals surface area contributed by atoms with E-state index < -0.39 is 0 Å². The Bertz CT molecular complexity index is 522. The summed E-state index contributed by atoms with van der Waals surface area (Å²) in [6, 6.07) is 4.12. The van der Waals surface area contributed by atoms with Crippen LogP contribution < -0.4 is 14.8 Å². The maximum Gasteiger partial charge on any atom is 0.169 e. The number of nitrogens with zero attached hydrogens (tertiary/aromatic N) is 1. The van der Waals surface area contributed by atoms with Gasteiger partial charge < -0.3 is 24.4 Å². The van der Waals surface area contributed by atoms with Crippen molar-refractivity contribution >= 4 is 17.3 Å². The predicted octanol–water partition coefficient (Wildman–Crippen LogP) is 1.97. The van der Waals surface area contributed by atoms with Gasteiger partial charge >= 0.3 is 0 Å². The minimum absolute atomic E-state index is 0.745. The topological polar surface area (TPSA) is 43.0 Å². The van der Waals surface area contributed by atoms with Gasteiger partial charge in [-0.25, -0.2) is 0 Å². The Morgan fingerprint density at radius 2 is 1.86 bits per heavy atom. The standard InChI is InChI=1S/C16H24N2O3S/c1-19-8-4-6-17-16(22)18-7-5-12-9-14(20-2)15(21-3)10-13(12)11-18/h9-10H,4-8,11H2,1-3H3,(H,17,22). The van der Waals surface area contributed by atoms with Gasteiger partial charge in [0, 0.05) is 33.4 Å². The Morgan fingerprint density at radius 1 is 1.18 bits per heavy atom. The molecule has 5 nitrogen and oxygen atoms in total. The van der Waals surface area contributed by atoms with Crippen molar-refractivity contribution < 1.29 is 14.2 Å². The average molecular weight is 324 g/mol. The monoisotopic (exact) mass is 324 g/mol. The van der Waals surface area contributed by atoms with E-state index in [-0.39, 0.29) is 0 Å². The van der Waals surface area contributed by atoms with E-state index in [0.717, 1.165) is 55.7 Å². The third-order valence-corrected chi connectivity index (χ3v) is 4.21. The van der Waals surface area contributed by atoms with Crippen LogP contribution >= 0.6 is 12.2 Å². The Kier molecular flexibility index (Phi) is 6.27. The minimum atomic E-state index is 0.745. The van der Waals surface area contributed by atoms with E-state index in [1.165, 1.54) is 11.1 Å². The molecule has 0 amide bonds. The first kappa shape index (κ1) is 16.8. The van der Waals surface area contributed by atoms with Crippen LogP contribution in [0.15, 0.2) is 12.1 Å². The van der Waals surface area contributed by atoms with Crippen LogP contribution in [0.4, 0.5) is 0 Å². The van der Waals surface area contributed by atoms with Crippen LogP contribution in [0.25, 0.3) is 0 Å². The number of hydrogen-bond acceptors (Lipinski definition) is 4. The second kappa shape index (κ2) is 8.19. The van der Waals surface area contributed by atoms with Crippen LogP contribution in [0.3, 0.4) is 0 Å². The van der Waals surface area contributed by atoms with Crippen molar-refractivity contribution in [2.75, 3.05) is 41.0 Å². The van der Waals surface area contributed by atoms with Crippen molar-refractivity contribution in [1.29, 1.82) is 0 Å². The van der Waals surface area contributed by atoms with Crippen LogP contribution in [-0.4, -0.2) is 51.0 Å². The normalized spacial score (nSPS) is 13.5. The van der Waals surface area contributed by atoms with Crippen LogP contribution in [0.1, 0.15) is 17.5 Å². The zero-order chi connectivity index (χ0) is 15.9. The van der Waals surface area contributed by atoms with E-state index in [1.807, 2.05) is 6.07 Å². The number of methoxy groups -OCH3 is 3. The molecule has 22 heavy (non-hydrogen) atoms. The third-order valence-electron chi connectivity index (χ3n) is 3.81. The highest BCUT2D eigenvalue weighted by Crippen LogP contribution is 2.33. The fourth-order valence-corrected chi connectivity index (χ4v) is 2.84. The SMILES string of the molecule is COCCCNC(=S)N1CCc2cc(OC)c(OC)cc2C1. The van der Waals surface area contributed by atoms with Gasteiger partial charge in [0.15, 0.2) is 16.6 Å². The molecule has 0 aliphatic carbocycles. The van der Waals surface area contributed by atoms with Crippen molar-refractivity contribution in [3.63, 3.8) is 0 Å². The van der Waals surface area contributed by atoms with Crippen LogP contribution in [0, 0.1) is 0 Å². The zero-order valence-corrected chi connectivity index (χ0v) is 14.3. The molecule has 2 rings (SSSR count). The molecular weight excluding hydrogens is 300 g/mol. The van der Waals surface area contributed by atoms with Crippen molar-refractivity contribution in [3.05, 3.63) is 23.3 Å². The summed E-state index contributed by atoms with van der Waals surface area (Å²) in [7, 11) is 5.03. The lowest BCUT2D eigenvalue weighted by atomic mass is 9.99. The first-order valence-corrected chi connectivity index (χ1v) is 7.86. The number of fused-ring (bicyclic) bond motifs is 1. The number of ether oxygens (including phenoxy) is 3. The molecule has 0 spiro atoms. The largest absolute Gasteiger partial charge is 0.493 e. The van der Waals surface area contributed by atoms with Gasteiger partial charge in [-0.3, -0.25) is 0 Å². The maximum atomic E-state index is 5.48. The van der Waals surface area contributed by atoms with Crippen LogP contribution in [0.2, 0.25) is 0 Å². The van der Waals surface area contributed by atoms with Gasteiger partial charge in [-0.05, 0) is 48.3 Å².